The van der Waals surface area contributed by atoms with E-state index >= 15 is 0 Å². The van der Waals surface area contributed by atoms with E-state index in [0.29, 0.717) is 6.42 Å². The molecule has 0 aliphatic rings. The van der Waals surface area contributed by atoms with Gasteiger partial charge in [0.1, 0.15) is 5.78 Å². The van der Waals surface area contributed by atoms with Crippen molar-refractivity contribution in [3.8, 4) is 0 Å². The SMILES string of the molecule is CNC(C/C=C/N=C(N)N)C(C)=O. The van der Waals surface area contributed by atoms with Gasteiger partial charge in [0.2, 0.25) is 0 Å². The van der Waals surface area contributed by atoms with Crippen LogP contribution in [0.15, 0.2) is 17.3 Å². The third-order valence-electron chi connectivity index (χ3n) is 1.54. The number of nitrogens with two attached hydrogens (primary N) is 2. The second kappa shape index (κ2) is 6.19. The van der Waals surface area contributed by atoms with Crippen molar-refractivity contribution in [2.75, 3.05) is 7.05 Å². The van der Waals surface area contributed by atoms with E-state index in [1.165, 1.54) is 13.1 Å². The van der Waals surface area contributed by atoms with Gasteiger partial charge < -0.3 is 16.8 Å². The molecule has 1 unspecified atom stereocenters. The van der Waals surface area contributed by atoms with E-state index in [-0.39, 0.29) is 17.8 Å². The van der Waals surface area contributed by atoms with Crippen LogP contribution >= 0.6 is 0 Å². The zero-order valence-corrected chi connectivity index (χ0v) is 7.95. The lowest BCUT2D eigenvalue weighted by molar-refractivity contribution is -0.118. The third-order valence-corrected chi connectivity index (χ3v) is 1.54. The molecule has 0 spiro atoms. The Kier molecular flexibility index (Phi) is 5.54. The average Bonchev–Trinajstić information content (AvgIpc) is 2.03. The number of nitrogens with zero attached hydrogens (tertiary/aromatic N) is 1. The quantitative estimate of drug-likeness (QED) is 0.390. The molecule has 1 atom stereocenters. The smallest absolute Gasteiger partial charge is 0.190 e. The Morgan fingerprint density at radius 2 is 2.23 bits per heavy atom. The molecule has 0 radical (unpaired) electrons. The number of carbonyl (C=O) groups is 1. The van der Waals surface area contributed by atoms with Crippen molar-refractivity contribution in [3.63, 3.8) is 0 Å². The minimum Gasteiger partial charge on any atom is -0.370 e. The fraction of sp³-hybridized carbons (Fsp3) is 0.500. The highest BCUT2D eigenvalue weighted by atomic mass is 16.1. The zero-order chi connectivity index (χ0) is 10.3. The van der Waals surface area contributed by atoms with E-state index in [2.05, 4.69) is 10.3 Å². The van der Waals surface area contributed by atoms with Crippen LogP contribution in [0.3, 0.4) is 0 Å². The molecule has 0 aromatic heterocycles. The minimum atomic E-state index is -0.162. The molecule has 0 aliphatic heterocycles. The van der Waals surface area contributed by atoms with Crippen molar-refractivity contribution in [1.29, 1.82) is 0 Å². The van der Waals surface area contributed by atoms with Crippen LogP contribution in [-0.4, -0.2) is 24.8 Å². The Hall–Kier alpha value is -1.36. The van der Waals surface area contributed by atoms with Gasteiger partial charge >= 0.3 is 0 Å². The molecule has 5 heteroatoms. The molecular formula is C8H16N4O. The lowest BCUT2D eigenvalue weighted by Gasteiger charge is -2.08. The summed E-state index contributed by atoms with van der Waals surface area (Å²) in [5.41, 5.74) is 10.2. The molecule has 5 nitrogen and oxygen atoms in total. The van der Waals surface area contributed by atoms with Gasteiger partial charge in [-0.05, 0) is 20.4 Å². The molecule has 0 aromatic rings. The number of Topliss-reactive ketones (excluding diaryl/α,β-unsaturated/α-hetero) is 1. The molecule has 0 aliphatic carbocycles. The Morgan fingerprint density at radius 3 is 2.62 bits per heavy atom. The highest BCUT2D eigenvalue weighted by Crippen LogP contribution is 1.94. The molecule has 5 N–H and O–H groups in total. The minimum absolute atomic E-state index is 0.0140. The van der Waals surface area contributed by atoms with Crippen molar-refractivity contribution in [1.82, 2.24) is 5.32 Å². The van der Waals surface area contributed by atoms with Crippen molar-refractivity contribution < 1.29 is 4.79 Å². The summed E-state index contributed by atoms with van der Waals surface area (Å²) in [7, 11) is 1.74. The second-order valence-corrected chi connectivity index (χ2v) is 2.63. The lowest BCUT2D eigenvalue weighted by Crippen LogP contribution is -2.31. The molecule has 0 fully saturated rings. The molecule has 0 aromatic carbocycles. The highest BCUT2D eigenvalue weighted by Gasteiger charge is 2.07. The largest absolute Gasteiger partial charge is 0.370 e. The van der Waals surface area contributed by atoms with Gasteiger partial charge in [0.15, 0.2) is 5.96 Å². The van der Waals surface area contributed by atoms with Gasteiger partial charge in [-0.2, -0.15) is 0 Å². The fourth-order valence-electron chi connectivity index (χ4n) is 0.823. The Bertz CT molecular complexity index is 218. The first kappa shape index (κ1) is 11.6. The Labute approximate surface area is 77.9 Å². The number of nitrogens with one attached hydrogen (secondary N) is 1. The standard InChI is InChI=1S/C8H16N4O/c1-6(13)7(11-2)4-3-5-12-8(9)10/h3,5,7,11H,4H2,1-2H3,(H4,9,10,12)/b5-3+. The molecule has 74 valence electrons. The topological polar surface area (TPSA) is 93.5 Å². The van der Waals surface area contributed by atoms with Crippen LogP contribution in [0.5, 0.6) is 0 Å². The highest BCUT2D eigenvalue weighted by molar-refractivity contribution is 5.81. The van der Waals surface area contributed by atoms with E-state index in [4.69, 9.17) is 11.5 Å². The zero-order valence-electron chi connectivity index (χ0n) is 7.95. The summed E-state index contributed by atoms with van der Waals surface area (Å²) in [6.07, 6.45) is 3.81. The first-order valence-electron chi connectivity index (χ1n) is 3.99. The average molecular weight is 184 g/mol. The monoisotopic (exact) mass is 184 g/mol. The van der Waals surface area contributed by atoms with E-state index < -0.39 is 0 Å². The third kappa shape index (κ3) is 5.86. The van der Waals surface area contributed by atoms with E-state index in [0.717, 1.165) is 0 Å². The van der Waals surface area contributed by atoms with Crippen molar-refractivity contribution in [2.24, 2.45) is 16.5 Å². The predicted molar refractivity (Wildman–Crippen MR) is 53.1 cm³/mol. The van der Waals surface area contributed by atoms with Gasteiger partial charge in [-0.1, -0.05) is 6.08 Å². The fourth-order valence-corrected chi connectivity index (χ4v) is 0.823. The summed E-state index contributed by atoms with van der Waals surface area (Å²) in [6.45, 7) is 1.54. The maximum absolute atomic E-state index is 10.9. The Balaban J connectivity index is 3.92. The molecular weight excluding hydrogens is 168 g/mol. The number of carbonyl (C=O) groups excluding carboxylic acids is 1. The van der Waals surface area contributed by atoms with E-state index in [1.807, 2.05) is 0 Å². The van der Waals surface area contributed by atoms with Crippen LogP contribution in [0.25, 0.3) is 0 Å². The maximum Gasteiger partial charge on any atom is 0.190 e. The predicted octanol–water partition coefficient (Wildman–Crippen LogP) is -0.659. The van der Waals surface area contributed by atoms with Crippen molar-refractivity contribution in [2.45, 2.75) is 19.4 Å². The Morgan fingerprint density at radius 1 is 1.62 bits per heavy atom. The first-order chi connectivity index (χ1) is 6.07. The molecule has 13 heavy (non-hydrogen) atoms. The van der Waals surface area contributed by atoms with Gasteiger partial charge in [0.25, 0.3) is 0 Å². The first-order valence-corrected chi connectivity index (χ1v) is 3.99. The molecule has 0 saturated heterocycles. The van der Waals surface area contributed by atoms with Crippen LogP contribution in [0.4, 0.5) is 0 Å². The summed E-state index contributed by atoms with van der Waals surface area (Å²) in [4.78, 5) is 14.6. The number of likely N-dealkylation sites (N-methyl/N-ethyl adjacent to an activating group) is 1. The summed E-state index contributed by atoms with van der Waals surface area (Å²) in [5, 5.41) is 2.88. The summed E-state index contributed by atoms with van der Waals surface area (Å²) < 4.78 is 0. The molecule has 0 bridgehead atoms. The van der Waals surface area contributed by atoms with E-state index in [9.17, 15) is 4.79 Å². The van der Waals surface area contributed by atoms with Gasteiger partial charge in [0, 0.05) is 6.20 Å². The molecule has 0 rings (SSSR count). The van der Waals surface area contributed by atoms with Crippen LogP contribution in [0, 0.1) is 0 Å². The maximum atomic E-state index is 10.9. The number of hydrogen-bond acceptors (Lipinski definition) is 3. The van der Waals surface area contributed by atoms with E-state index in [1.54, 1.807) is 13.1 Å². The van der Waals surface area contributed by atoms with Gasteiger partial charge in [-0.3, -0.25) is 4.79 Å². The number of aliphatic imine (C=N–C) groups is 1. The molecule has 0 heterocycles. The van der Waals surface area contributed by atoms with Crippen LogP contribution in [-0.2, 0) is 4.79 Å². The normalized spacial score (nSPS) is 12.8. The number of hydrogen-bond donors (Lipinski definition) is 3. The molecule has 0 saturated carbocycles. The lowest BCUT2D eigenvalue weighted by atomic mass is 10.1. The van der Waals surface area contributed by atoms with Crippen molar-refractivity contribution in [3.05, 3.63) is 12.3 Å². The van der Waals surface area contributed by atoms with Crippen molar-refractivity contribution >= 4 is 11.7 Å². The van der Waals surface area contributed by atoms with Gasteiger partial charge in [-0.15, -0.1) is 0 Å². The van der Waals surface area contributed by atoms with Gasteiger partial charge in [-0.25, -0.2) is 4.99 Å². The summed E-state index contributed by atoms with van der Waals surface area (Å²) >= 11 is 0. The number of guanidine groups is 1. The number of rotatable bonds is 5. The second-order valence-electron chi connectivity index (χ2n) is 2.63. The molecule has 0 amide bonds. The van der Waals surface area contributed by atoms with Crippen LogP contribution in [0.2, 0.25) is 0 Å². The van der Waals surface area contributed by atoms with Crippen LogP contribution < -0.4 is 16.8 Å². The summed E-state index contributed by atoms with van der Waals surface area (Å²) in [6, 6.07) is -0.162. The summed E-state index contributed by atoms with van der Waals surface area (Å²) in [5.74, 6) is 0.108. The number of ketones is 1. The van der Waals surface area contributed by atoms with Gasteiger partial charge in [0.05, 0.1) is 6.04 Å². The van der Waals surface area contributed by atoms with Crippen LogP contribution in [0.1, 0.15) is 13.3 Å².